The van der Waals surface area contributed by atoms with E-state index >= 15 is 0 Å². The fraction of sp³-hybridized carbons (Fsp3) is 0.381. The van der Waals surface area contributed by atoms with E-state index in [-0.39, 0.29) is 6.54 Å². The maximum atomic E-state index is 12.5. The molecule has 0 fully saturated rings. The van der Waals surface area contributed by atoms with Crippen LogP contribution in [-0.4, -0.2) is 30.9 Å². The lowest BCUT2D eigenvalue weighted by molar-refractivity contribution is -0.137. The Bertz CT molecular complexity index is 660. The minimum Gasteiger partial charge on any atom is -0.340 e. The Morgan fingerprint density at radius 3 is 2.19 bits per heavy atom. The second-order valence-electron chi connectivity index (χ2n) is 5.97. The van der Waals surface area contributed by atoms with Crippen LogP contribution < -0.4 is 5.32 Å². The number of benzene rings is 2. The molecule has 0 aliphatic rings. The molecule has 0 aromatic heterocycles. The summed E-state index contributed by atoms with van der Waals surface area (Å²) >= 11 is 0. The zero-order valence-corrected chi connectivity index (χ0v) is 15.8. The molecule has 0 saturated heterocycles. The number of likely N-dealkylation sites (N-methyl/N-ethyl adjacent to an activating group) is 1. The minimum atomic E-state index is -4.36. The molecule has 1 amide bonds. The van der Waals surface area contributed by atoms with Gasteiger partial charge in [-0.25, -0.2) is 0 Å². The lowest BCUT2D eigenvalue weighted by Gasteiger charge is -2.18. The van der Waals surface area contributed by atoms with Gasteiger partial charge in [0, 0.05) is 19.6 Å². The van der Waals surface area contributed by atoms with Crippen LogP contribution in [0.2, 0.25) is 0 Å². The van der Waals surface area contributed by atoms with Gasteiger partial charge in [-0.1, -0.05) is 56.3 Å². The van der Waals surface area contributed by atoms with Crippen LogP contribution in [0.15, 0.2) is 54.6 Å². The number of carbonyl (C=O) groups is 1. The monoisotopic (exact) mass is 380 g/mol. The van der Waals surface area contributed by atoms with Crippen LogP contribution in [0.5, 0.6) is 0 Å². The molecule has 27 heavy (non-hydrogen) atoms. The fourth-order valence-corrected chi connectivity index (χ4v) is 2.36. The molecule has 0 saturated carbocycles. The largest absolute Gasteiger partial charge is 0.416 e. The average molecular weight is 380 g/mol. The molecule has 0 atom stereocenters. The van der Waals surface area contributed by atoms with Crippen LogP contribution in [0.1, 0.15) is 30.5 Å². The summed E-state index contributed by atoms with van der Waals surface area (Å²) in [5, 5.41) is 3.05. The average Bonchev–Trinajstić information content (AvgIpc) is 2.68. The highest BCUT2D eigenvalue weighted by Gasteiger charge is 2.30. The molecule has 2 aromatic carbocycles. The van der Waals surface area contributed by atoms with Crippen molar-refractivity contribution in [2.75, 3.05) is 19.6 Å². The number of amides is 1. The molecule has 148 valence electrons. The van der Waals surface area contributed by atoms with Gasteiger partial charge in [0.2, 0.25) is 6.41 Å². The van der Waals surface area contributed by atoms with Gasteiger partial charge in [-0.2, -0.15) is 13.2 Å². The quantitative estimate of drug-likeness (QED) is 0.539. The summed E-state index contributed by atoms with van der Waals surface area (Å²) in [4.78, 5) is 12.3. The molecule has 6 heteroatoms. The van der Waals surface area contributed by atoms with Gasteiger partial charge in [0.1, 0.15) is 0 Å². The number of nitrogens with one attached hydrogen (secondary N) is 1. The molecule has 2 aromatic rings. The van der Waals surface area contributed by atoms with Crippen LogP contribution in [0.4, 0.5) is 13.2 Å². The third-order valence-electron chi connectivity index (χ3n) is 3.87. The van der Waals surface area contributed by atoms with Crippen LogP contribution in [-0.2, 0) is 23.9 Å². The summed E-state index contributed by atoms with van der Waals surface area (Å²) < 4.78 is 37.6. The number of aryl methyl sites for hydroxylation is 1. The van der Waals surface area contributed by atoms with Crippen LogP contribution in [0, 0.1) is 0 Å². The van der Waals surface area contributed by atoms with Gasteiger partial charge >= 0.3 is 6.18 Å². The van der Waals surface area contributed by atoms with E-state index < -0.39 is 11.7 Å². The van der Waals surface area contributed by atoms with Gasteiger partial charge in [-0.15, -0.1) is 0 Å². The van der Waals surface area contributed by atoms with Crippen molar-refractivity contribution >= 4 is 6.41 Å². The predicted octanol–water partition coefficient (Wildman–Crippen LogP) is 4.52. The normalized spacial score (nSPS) is 10.7. The SMILES string of the molecule is CCNCCN(C=O)Cc1cccc(C(F)(F)F)c1.CCc1ccccc1. The first-order valence-corrected chi connectivity index (χ1v) is 9.00. The molecule has 0 spiro atoms. The minimum absolute atomic E-state index is 0.179. The smallest absolute Gasteiger partial charge is 0.340 e. The second-order valence-corrected chi connectivity index (χ2v) is 5.97. The Morgan fingerprint density at radius 2 is 1.67 bits per heavy atom. The zero-order valence-electron chi connectivity index (χ0n) is 15.8. The summed E-state index contributed by atoms with van der Waals surface area (Å²) in [5.74, 6) is 0. The molecule has 1 N–H and O–H groups in total. The van der Waals surface area contributed by atoms with Crippen LogP contribution >= 0.6 is 0 Å². The standard InChI is InChI=1S/C13H17F3N2O.C8H10/c1-2-17-6-7-18(10-19)9-11-4-3-5-12(8-11)13(14,15)16;1-2-8-6-4-3-5-7-8/h3-5,8,10,17H,2,6-7,9H2,1H3;3-7H,2H2,1H3. The molecule has 0 radical (unpaired) electrons. The fourth-order valence-electron chi connectivity index (χ4n) is 2.36. The van der Waals surface area contributed by atoms with Gasteiger partial charge in [-0.3, -0.25) is 4.79 Å². The molecule has 2 rings (SSSR count). The van der Waals surface area contributed by atoms with Crippen LogP contribution in [0.25, 0.3) is 0 Å². The zero-order chi connectivity index (χ0) is 20.1. The second kappa shape index (κ2) is 12.1. The summed E-state index contributed by atoms with van der Waals surface area (Å²) in [7, 11) is 0. The lowest BCUT2D eigenvalue weighted by atomic mass is 10.1. The van der Waals surface area contributed by atoms with E-state index in [1.54, 1.807) is 6.07 Å². The summed E-state index contributed by atoms with van der Waals surface area (Å²) in [6.45, 7) is 6.16. The van der Waals surface area contributed by atoms with Crippen molar-refractivity contribution in [2.24, 2.45) is 0 Å². The molecule has 0 aliphatic heterocycles. The van der Waals surface area contributed by atoms with E-state index in [1.165, 1.54) is 16.5 Å². The Balaban J connectivity index is 0.000000377. The maximum absolute atomic E-state index is 12.5. The van der Waals surface area contributed by atoms with E-state index in [4.69, 9.17) is 0 Å². The summed E-state index contributed by atoms with van der Waals surface area (Å²) in [6, 6.07) is 15.5. The first kappa shape index (κ1) is 22.7. The molecule has 0 heterocycles. The first-order valence-electron chi connectivity index (χ1n) is 9.00. The van der Waals surface area contributed by atoms with Gasteiger partial charge in [0.25, 0.3) is 0 Å². The van der Waals surface area contributed by atoms with Crippen molar-refractivity contribution in [3.05, 3.63) is 71.3 Å². The Hall–Kier alpha value is -2.34. The van der Waals surface area contributed by atoms with E-state index in [0.717, 1.165) is 25.1 Å². The van der Waals surface area contributed by atoms with Crippen molar-refractivity contribution in [3.8, 4) is 0 Å². The molecular weight excluding hydrogens is 353 g/mol. The molecular formula is C21H27F3N2O. The Kier molecular flexibility index (Phi) is 10.2. The molecule has 0 bridgehead atoms. The van der Waals surface area contributed by atoms with Crippen molar-refractivity contribution in [1.82, 2.24) is 10.2 Å². The van der Waals surface area contributed by atoms with Gasteiger partial charge < -0.3 is 10.2 Å². The van der Waals surface area contributed by atoms with E-state index in [1.807, 2.05) is 13.0 Å². The Morgan fingerprint density at radius 1 is 1.00 bits per heavy atom. The molecule has 0 aliphatic carbocycles. The van der Waals surface area contributed by atoms with Crippen molar-refractivity contribution in [2.45, 2.75) is 33.0 Å². The third kappa shape index (κ3) is 9.24. The first-order chi connectivity index (χ1) is 12.9. The Labute approximate surface area is 159 Å². The van der Waals surface area contributed by atoms with E-state index in [0.29, 0.717) is 25.1 Å². The predicted molar refractivity (Wildman–Crippen MR) is 102 cm³/mol. The van der Waals surface area contributed by atoms with Crippen molar-refractivity contribution in [1.29, 1.82) is 0 Å². The lowest BCUT2D eigenvalue weighted by Crippen LogP contribution is -2.30. The number of rotatable bonds is 8. The van der Waals surface area contributed by atoms with Gasteiger partial charge in [-0.05, 0) is 36.2 Å². The van der Waals surface area contributed by atoms with E-state index in [9.17, 15) is 18.0 Å². The molecule has 0 unspecified atom stereocenters. The highest BCUT2D eigenvalue weighted by atomic mass is 19.4. The number of halogens is 3. The summed E-state index contributed by atoms with van der Waals surface area (Å²) in [5.41, 5.74) is 1.19. The van der Waals surface area contributed by atoms with Gasteiger partial charge in [0.05, 0.1) is 5.56 Å². The van der Waals surface area contributed by atoms with Gasteiger partial charge in [0.15, 0.2) is 0 Å². The molecule has 3 nitrogen and oxygen atoms in total. The van der Waals surface area contributed by atoms with Crippen molar-refractivity contribution < 1.29 is 18.0 Å². The van der Waals surface area contributed by atoms with Crippen LogP contribution in [0.3, 0.4) is 0 Å². The maximum Gasteiger partial charge on any atom is 0.416 e. The number of hydrogen-bond donors (Lipinski definition) is 1. The number of carbonyl (C=O) groups excluding carboxylic acids is 1. The van der Waals surface area contributed by atoms with Crippen molar-refractivity contribution in [3.63, 3.8) is 0 Å². The number of hydrogen-bond acceptors (Lipinski definition) is 2. The topological polar surface area (TPSA) is 32.3 Å². The third-order valence-corrected chi connectivity index (χ3v) is 3.87. The highest BCUT2D eigenvalue weighted by Crippen LogP contribution is 2.29. The highest BCUT2D eigenvalue weighted by molar-refractivity contribution is 5.47. The van der Waals surface area contributed by atoms with E-state index in [2.05, 4.69) is 36.5 Å². The number of alkyl halides is 3. The number of nitrogens with zero attached hydrogens (tertiary/aromatic N) is 1. The summed E-state index contributed by atoms with van der Waals surface area (Å²) in [6.07, 6.45) is -2.57.